The monoisotopic (exact) mass is 258 g/mol. The van der Waals surface area contributed by atoms with Gasteiger partial charge in [0, 0.05) is 6.54 Å². The van der Waals surface area contributed by atoms with Gasteiger partial charge in [-0.25, -0.2) is 0 Å². The first-order valence-electron chi connectivity index (χ1n) is 7.45. The van der Waals surface area contributed by atoms with E-state index in [2.05, 4.69) is 28.8 Å². The number of aryl methyl sites for hydroxylation is 2. The minimum atomic E-state index is 0.0417. The Bertz CT molecular complexity index is 464. The van der Waals surface area contributed by atoms with Crippen molar-refractivity contribution in [3.63, 3.8) is 0 Å². The van der Waals surface area contributed by atoms with E-state index in [4.69, 9.17) is 0 Å². The van der Waals surface area contributed by atoms with E-state index in [0.29, 0.717) is 0 Å². The molecule has 1 fully saturated rings. The van der Waals surface area contributed by atoms with Crippen molar-refractivity contribution in [2.45, 2.75) is 44.6 Å². The molecule has 1 aromatic carbocycles. The van der Waals surface area contributed by atoms with Gasteiger partial charge in [-0.15, -0.1) is 0 Å². The van der Waals surface area contributed by atoms with E-state index < -0.39 is 0 Å². The molecule has 1 amide bonds. The number of benzene rings is 1. The Balaban J connectivity index is 1.48. The normalized spacial score (nSPS) is 21.4. The highest BCUT2D eigenvalue weighted by molar-refractivity contribution is 5.81. The third-order valence-corrected chi connectivity index (χ3v) is 4.25. The second-order valence-corrected chi connectivity index (χ2v) is 5.65. The summed E-state index contributed by atoms with van der Waals surface area (Å²) in [5, 5.41) is 6.27. The lowest BCUT2D eigenvalue weighted by Gasteiger charge is -2.11. The minimum absolute atomic E-state index is 0.0417. The Hall–Kier alpha value is -1.35. The highest BCUT2D eigenvalue weighted by Crippen LogP contribution is 2.22. The molecule has 2 aliphatic rings. The van der Waals surface area contributed by atoms with Crippen LogP contribution in [0.2, 0.25) is 0 Å². The zero-order chi connectivity index (χ0) is 13.1. The molecule has 1 aromatic rings. The Morgan fingerprint density at radius 1 is 1.26 bits per heavy atom. The third-order valence-electron chi connectivity index (χ3n) is 4.25. The Labute approximate surface area is 114 Å². The Morgan fingerprint density at radius 3 is 3.00 bits per heavy atom. The molecule has 0 bridgehead atoms. The van der Waals surface area contributed by atoms with Gasteiger partial charge in [-0.05, 0) is 61.8 Å². The van der Waals surface area contributed by atoms with Crippen LogP contribution in [0.5, 0.6) is 0 Å². The number of fused-ring (bicyclic) bond motifs is 1. The van der Waals surface area contributed by atoms with E-state index in [-0.39, 0.29) is 11.9 Å². The van der Waals surface area contributed by atoms with Gasteiger partial charge in [0.05, 0.1) is 6.04 Å². The summed E-state index contributed by atoms with van der Waals surface area (Å²) in [6.45, 7) is 1.72. The van der Waals surface area contributed by atoms with E-state index in [1.807, 2.05) is 0 Å². The maximum atomic E-state index is 11.8. The van der Waals surface area contributed by atoms with Crippen molar-refractivity contribution in [3.8, 4) is 0 Å². The zero-order valence-electron chi connectivity index (χ0n) is 11.4. The Morgan fingerprint density at radius 2 is 2.16 bits per heavy atom. The number of carbonyl (C=O) groups is 1. The summed E-state index contributed by atoms with van der Waals surface area (Å²) in [4.78, 5) is 11.8. The van der Waals surface area contributed by atoms with E-state index in [1.165, 1.54) is 36.0 Å². The highest BCUT2D eigenvalue weighted by atomic mass is 16.2. The molecule has 3 heteroatoms. The summed E-state index contributed by atoms with van der Waals surface area (Å²) in [6.07, 6.45) is 6.78. The smallest absolute Gasteiger partial charge is 0.237 e. The van der Waals surface area contributed by atoms with Gasteiger partial charge in [0.1, 0.15) is 0 Å². The molecule has 1 aliphatic carbocycles. The van der Waals surface area contributed by atoms with Crippen molar-refractivity contribution in [2.75, 3.05) is 13.1 Å². The lowest BCUT2D eigenvalue weighted by molar-refractivity contribution is -0.122. The van der Waals surface area contributed by atoms with Crippen molar-refractivity contribution in [1.82, 2.24) is 10.6 Å². The minimum Gasteiger partial charge on any atom is -0.354 e. The van der Waals surface area contributed by atoms with Crippen LogP contribution < -0.4 is 10.6 Å². The van der Waals surface area contributed by atoms with Crippen LogP contribution >= 0.6 is 0 Å². The predicted octanol–water partition coefficient (Wildman–Crippen LogP) is 1.59. The fourth-order valence-corrected chi connectivity index (χ4v) is 3.14. The number of hydrogen-bond acceptors (Lipinski definition) is 2. The molecule has 3 rings (SSSR count). The average Bonchev–Trinajstić information content (AvgIpc) is 3.09. The fraction of sp³-hybridized carbons (Fsp3) is 0.562. The van der Waals surface area contributed by atoms with Crippen molar-refractivity contribution < 1.29 is 4.79 Å². The Kier molecular flexibility index (Phi) is 3.83. The number of hydrogen-bond donors (Lipinski definition) is 2. The van der Waals surface area contributed by atoms with Crippen LogP contribution in [0.25, 0.3) is 0 Å². The van der Waals surface area contributed by atoms with E-state index >= 15 is 0 Å². The molecule has 0 aromatic heterocycles. The molecule has 0 saturated carbocycles. The van der Waals surface area contributed by atoms with Gasteiger partial charge < -0.3 is 10.6 Å². The molecule has 1 saturated heterocycles. The van der Waals surface area contributed by atoms with Gasteiger partial charge in [-0.2, -0.15) is 0 Å². The van der Waals surface area contributed by atoms with Crippen LogP contribution in [0.1, 0.15) is 36.0 Å². The first kappa shape index (κ1) is 12.7. The van der Waals surface area contributed by atoms with Crippen molar-refractivity contribution in [2.24, 2.45) is 0 Å². The number of amides is 1. The van der Waals surface area contributed by atoms with Gasteiger partial charge in [-0.1, -0.05) is 18.2 Å². The second kappa shape index (κ2) is 5.74. The van der Waals surface area contributed by atoms with Crippen molar-refractivity contribution in [1.29, 1.82) is 0 Å². The average molecular weight is 258 g/mol. The summed E-state index contributed by atoms with van der Waals surface area (Å²) in [5.74, 6) is 0.165. The van der Waals surface area contributed by atoms with E-state index in [1.54, 1.807) is 0 Å². The van der Waals surface area contributed by atoms with Crippen molar-refractivity contribution in [3.05, 3.63) is 34.9 Å². The largest absolute Gasteiger partial charge is 0.354 e. The SMILES string of the molecule is O=C(NCCc1ccc2c(c1)CCC2)C1CCCN1. The van der Waals surface area contributed by atoms with Crippen LogP contribution in [-0.4, -0.2) is 25.0 Å². The first-order valence-corrected chi connectivity index (χ1v) is 7.45. The van der Waals surface area contributed by atoms with Gasteiger partial charge in [-0.3, -0.25) is 4.79 Å². The summed E-state index contributed by atoms with van der Waals surface area (Å²) < 4.78 is 0. The van der Waals surface area contributed by atoms with Gasteiger partial charge in [0.15, 0.2) is 0 Å². The molecule has 1 aliphatic heterocycles. The van der Waals surface area contributed by atoms with Gasteiger partial charge >= 0.3 is 0 Å². The molecule has 102 valence electrons. The molecule has 1 heterocycles. The van der Waals surface area contributed by atoms with Gasteiger partial charge in [0.25, 0.3) is 0 Å². The lowest BCUT2D eigenvalue weighted by Crippen LogP contribution is -2.41. The number of nitrogens with one attached hydrogen (secondary N) is 2. The summed E-state index contributed by atoms with van der Waals surface area (Å²) in [7, 11) is 0. The molecular weight excluding hydrogens is 236 g/mol. The molecular formula is C16H22N2O. The molecule has 2 N–H and O–H groups in total. The quantitative estimate of drug-likeness (QED) is 0.861. The third kappa shape index (κ3) is 2.98. The predicted molar refractivity (Wildman–Crippen MR) is 76.2 cm³/mol. The highest BCUT2D eigenvalue weighted by Gasteiger charge is 2.21. The molecule has 1 unspecified atom stereocenters. The molecule has 19 heavy (non-hydrogen) atoms. The molecule has 0 spiro atoms. The van der Waals surface area contributed by atoms with E-state index in [0.717, 1.165) is 32.4 Å². The molecule has 3 nitrogen and oxygen atoms in total. The van der Waals surface area contributed by atoms with Crippen LogP contribution in [0.15, 0.2) is 18.2 Å². The van der Waals surface area contributed by atoms with Crippen molar-refractivity contribution >= 4 is 5.91 Å². The lowest BCUT2D eigenvalue weighted by atomic mass is 10.0. The number of rotatable bonds is 4. The summed E-state index contributed by atoms with van der Waals surface area (Å²) >= 11 is 0. The number of carbonyl (C=O) groups excluding carboxylic acids is 1. The molecule has 0 radical (unpaired) electrons. The summed E-state index contributed by atoms with van der Waals surface area (Å²) in [6, 6.07) is 6.84. The van der Waals surface area contributed by atoms with Crippen LogP contribution in [0.4, 0.5) is 0 Å². The second-order valence-electron chi connectivity index (χ2n) is 5.65. The zero-order valence-corrected chi connectivity index (χ0v) is 11.4. The van der Waals surface area contributed by atoms with Gasteiger partial charge in [0.2, 0.25) is 5.91 Å². The van der Waals surface area contributed by atoms with E-state index in [9.17, 15) is 4.79 Å². The molecule has 1 atom stereocenters. The maximum Gasteiger partial charge on any atom is 0.237 e. The van der Waals surface area contributed by atoms with Crippen LogP contribution in [0, 0.1) is 0 Å². The first-order chi connectivity index (χ1) is 9.33. The standard InChI is InChI=1S/C16H22N2O/c19-16(15-5-2-9-17-15)18-10-8-12-6-7-13-3-1-4-14(13)11-12/h6-7,11,15,17H,1-5,8-10H2,(H,18,19). The summed E-state index contributed by atoms with van der Waals surface area (Å²) in [5.41, 5.74) is 4.38. The maximum absolute atomic E-state index is 11.8. The fourth-order valence-electron chi connectivity index (χ4n) is 3.14. The van der Waals surface area contributed by atoms with Crippen LogP contribution in [-0.2, 0) is 24.1 Å². The van der Waals surface area contributed by atoms with Crippen LogP contribution in [0.3, 0.4) is 0 Å². The topological polar surface area (TPSA) is 41.1 Å².